The second-order valence-corrected chi connectivity index (χ2v) is 5.12. The molecule has 4 heteroatoms. The SMILES string of the molecule is CC1CN(CC(C)C(=O)O)CC(C)(C)O1. The summed E-state index contributed by atoms with van der Waals surface area (Å²) in [6, 6.07) is 0. The van der Waals surface area contributed by atoms with Gasteiger partial charge in [-0.3, -0.25) is 9.69 Å². The molecule has 0 aromatic rings. The van der Waals surface area contributed by atoms with Gasteiger partial charge in [-0.2, -0.15) is 0 Å². The fourth-order valence-corrected chi connectivity index (χ4v) is 2.19. The zero-order valence-electron chi connectivity index (χ0n) is 9.99. The Balaban J connectivity index is 2.52. The summed E-state index contributed by atoms with van der Waals surface area (Å²) in [6.07, 6.45) is 0.176. The average Bonchev–Trinajstić information content (AvgIpc) is 1.99. The van der Waals surface area contributed by atoms with Gasteiger partial charge in [0.1, 0.15) is 0 Å². The molecule has 2 unspecified atom stereocenters. The molecule has 2 atom stereocenters. The molecule has 1 heterocycles. The highest BCUT2D eigenvalue weighted by Gasteiger charge is 2.32. The second kappa shape index (κ2) is 4.49. The van der Waals surface area contributed by atoms with E-state index in [0.29, 0.717) is 6.54 Å². The number of carboxylic acid groups (broad SMARTS) is 1. The number of carboxylic acids is 1. The Hall–Kier alpha value is -0.610. The third-order valence-electron chi connectivity index (χ3n) is 2.59. The van der Waals surface area contributed by atoms with E-state index < -0.39 is 5.97 Å². The van der Waals surface area contributed by atoms with Crippen LogP contribution >= 0.6 is 0 Å². The summed E-state index contributed by atoms with van der Waals surface area (Å²) in [5.41, 5.74) is -0.171. The highest BCUT2D eigenvalue weighted by molar-refractivity contribution is 5.69. The lowest BCUT2D eigenvalue weighted by molar-refractivity contribution is -0.148. The lowest BCUT2D eigenvalue weighted by Gasteiger charge is -2.42. The molecule has 1 fully saturated rings. The van der Waals surface area contributed by atoms with Crippen LogP contribution < -0.4 is 0 Å². The van der Waals surface area contributed by atoms with E-state index >= 15 is 0 Å². The van der Waals surface area contributed by atoms with Gasteiger partial charge in [-0.15, -0.1) is 0 Å². The molecule has 1 saturated heterocycles. The van der Waals surface area contributed by atoms with E-state index in [1.165, 1.54) is 0 Å². The van der Waals surface area contributed by atoms with Crippen molar-refractivity contribution in [3.05, 3.63) is 0 Å². The van der Waals surface area contributed by atoms with E-state index in [0.717, 1.165) is 13.1 Å². The van der Waals surface area contributed by atoms with Crippen LogP contribution in [0.1, 0.15) is 27.7 Å². The van der Waals surface area contributed by atoms with Crippen molar-refractivity contribution in [1.82, 2.24) is 4.90 Å². The molecule has 0 aromatic heterocycles. The minimum absolute atomic E-state index is 0.171. The fourth-order valence-electron chi connectivity index (χ4n) is 2.19. The Morgan fingerprint density at radius 3 is 2.73 bits per heavy atom. The molecule has 0 radical (unpaired) electrons. The highest BCUT2D eigenvalue weighted by Crippen LogP contribution is 2.21. The van der Waals surface area contributed by atoms with Gasteiger partial charge in [-0.25, -0.2) is 0 Å². The molecular formula is C11H21NO3. The normalized spacial score (nSPS) is 28.7. The molecule has 0 aliphatic carbocycles. The van der Waals surface area contributed by atoms with E-state index in [2.05, 4.69) is 4.90 Å². The predicted molar refractivity (Wildman–Crippen MR) is 57.9 cm³/mol. The van der Waals surface area contributed by atoms with Crippen LogP contribution in [-0.2, 0) is 9.53 Å². The number of nitrogens with zero attached hydrogens (tertiary/aromatic N) is 1. The second-order valence-electron chi connectivity index (χ2n) is 5.12. The van der Waals surface area contributed by atoms with Gasteiger partial charge in [-0.05, 0) is 20.8 Å². The number of ether oxygens (including phenoxy) is 1. The summed E-state index contributed by atoms with van der Waals surface area (Å²) in [5, 5.41) is 8.85. The number of aliphatic carboxylic acids is 1. The smallest absolute Gasteiger partial charge is 0.307 e. The maximum atomic E-state index is 10.8. The van der Waals surface area contributed by atoms with Crippen molar-refractivity contribution >= 4 is 5.97 Å². The molecule has 88 valence electrons. The average molecular weight is 215 g/mol. The zero-order valence-corrected chi connectivity index (χ0v) is 9.99. The summed E-state index contributed by atoms with van der Waals surface area (Å²) in [6.45, 7) is 10.1. The van der Waals surface area contributed by atoms with Gasteiger partial charge >= 0.3 is 5.97 Å². The van der Waals surface area contributed by atoms with Crippen molar-refractivity contribution in [2.45, 2.75) is 39.4 Å². The van der Waals surface area contributed by atoms with Gasteiger partial charge in [0, 0.05) is 19.6 Å². The third-order valence-corrected chi connectivity index (χ3v) is 2.59. The third kappa shape index (κ3) is 3.80. The van der Waals surface area contributed by atoms with E-state index in [9.17, 15) is 4.79 Å². The largest absolute Gasteiger partial charge is 0.481 e. The molecule has 15 heavy (non-hydrogen) atoms. The van der Waals surface area contributed by atoms with Crippen molar-refractivity contribution in [2.24, 2.45) is 5.92 Å². The van der Waals surface area contributed by atoms with Crippen LogP contribution in [0.25, 0.3) is 0 Å². The Morgan fingerprint density at radius 1 is 1.67 bits per heavy atom. The van der Waals surface area contributed by atoms with Gasteiger partial charge in [-0.1, -0.05) is 6.92 Å². The van der Waals surface area contributed by atoms with Gasteiger partial charge in [0.2, 0.25) is 0 Å². The predicted octanol–water partition coefficient (Wildman–Crippen LogP) is 1.21. The molecule has 0 saturated carbocycles. The number of rotatable bonds is 3. The van der Waals surface area contributed by atoms with Crippen molar-refractivity contribution in [1.29, 1.82) is 0 Å². The Labute approximate surface area is 91.2 Å². The minimum atomic E-state index is -0.730. The summed E-state index contributed by atoms with van der Waals surface area (Å²) in [7, 11) is 0. The molecule has 1 aliphatic rings. The minimum Gasteiger partial charge on any atom is -0.481 e. The Kier molecular flexibility index (Phi) is 3.73. The molecule has 1 N–H and O–H groups in total. The summed E-state index contributed by atoms with van der Waals surface area (Å²) < 4.78 is 5.76. The molecule has 1 rings (SSSR count). The maximum absolute atomic E-state index is 10.8. The van der Waals surface area contributed by atoms with E-state index in [1.807, 2.05) is 20.8 Å². The number of hydrogen-bond acceptors (Lipinski definition) is 3. The molecular weight excluding hydrogens is 194 g/mol. The number of hydrogen-bond donors (Lipinski definition) is 1. The van der Waals surface area contributed by atoms with Crippen molar-refractivity contribution in [2.75, 3.05) is 19.6 Å². The summed E-state index contributed by atoms with van der Waals surface area (Å²) in [5.74, 6) is -1.04. The lowest BCUT2D eigenvalue weighted by atomic mass is 10.0. The van der Waals surface area contributed by atoms with Crippen molar-refractivity contribution in [3.8, 4) is 0 Å². The molecule has 0 bridgehead atoms. The van der Waals surface area contributed by atoms with Crippen LogP contribution in [0.15, 0.2) is 0 Å². The van der Waals surface area contributed by atoms with Crippen LogP contribution in [0.3, 0.4) is 0 Å². The first-order valence-electron chi connectivity index (χ1n) is 5.43. The lowest BCUT2D eigenvalue weighted by Crippen LogP contribution is -2.53. The zero-order chi connectivity index (χ0) is 11.6. The topological polar surface area (TPSA) is 49.8 Å². The highest BCUT2D eigenvalue weighted by atomic mass is 16.5. The summed E-state index contributed by atoms with van der Waals surface area (Å²) >= 11 is 0. The van der Waals surface area contributed by atoms with E-state index in [1.54, 1.807) is 6.92 Å². The Morgan fingerprint density at radius 2 is 2.27 bits per heavy atom. The number of morpholine rings is 1. The van der Waals surface area contributed by atoms with Crippen molar-refractivity contribution < 1.29 is 14.6 Å². The first-order chi connectivity index (χ1) is 6.80. The van der Waals surface area contributed by atoms with Crippen LogP contribution in [0.4, 0.5) is 0 Å². The molecule has 1 aliphatic heterocycles. The van der Waals surface area contributed by atoms with Gasteiger partial charge in [0.05, 0.1) is 17.6 Å². The van der Waals surface area contributed by atoms with Crippen LogP contribution in [0, 0.1) is 5.92 Å². The van der Waals surface area contributed by atoms with Gasteiger partial charge in [0.15, 0.2) is 0 Å². The molecule has 0 aromatic carbocycles. The summed E-state index contributed by atoms with van der Waals surface area (Å²) in [4.78, 5) is 12.9. The molecule has 0 spiro atoms. The number of carbonyl (C=O) groups is 1. The molecule has 0 amide bonds. The van der Waals surface area contributed by atoms with Crippen LogP contribution in [-0.4, -0.2) is 47.3 Å². The quantitative estimate of drug-likeness (QED) is 0.768. The monoisotopic (exact) mass is 215 g/mol. The van der Waals surface area contributed by atoms with Crippen molar-refractivity contribution in [3.63, 3.8) is 0 Å². The Bertz CT molecular complexity index is 240. The van der Waals surface area contributed by atoms with Gasteiger partial charge in [0.25, 0.3) is 0 Å². The van der Waals surface area contributed by atoms with E-state index in [-0.39, 0.29) is 17.6 Å². The van der Waals surface area contributed by atoms with Gasteiger partial charge < -0.3 is 9.84 Å². The van der Waals surface area contributed by atoms with Crippen LogP contribution in [0.2, 0.25) is 0 Å². The standard InChI is InChI=1S/C11H21NO3/c1-8(10(13)14)5-12-6-9(2)15-11(3,4)7-12/h8-9H,5-7H2,1-4H3,(H,13,14). The molecule has 4 nitrogen and oxygen atoms in total. The maximum Gasteiger partial charge on any atom is 0.307 e. The first kappa shape index (κ1) is 12.5. The fraction of sp³-hybridized carbons (Fsp3) is 0.909. The van der Waals surface area contributed by atoms with E-state index in [4.69, 9.17) is 9.84 Å². The first-order valence-corrected chi connectivity index (χ1v) is 5.43. The van der Waals surface area contributed by atoms with Crippen LogP contribution in [0.5, 0.6) is 0 Å².